The number of carbonyl (C=O) groups is 1. The van der Waals surface area contributed by atoms with Gasteiger partial charge in [0.15, 0.2) is 0 Å². The molecule has 0 saturated heterocycles. The van der Waals surface area contributed by atoms with E-state index in [2.05, 4.69) is 29.6 Å². The summed E-state index contributed by atoms with van der Waals surface area (Å²) in [5.74, 6) is 0. The van der Waals surface area contributed by atoms with Crippen LogP contribution in [0.15, 0.2) is 0 Å². The Morgan fingerprint density at radius 2 is 2.12 bits per heavy atom. The van der Waals surface area contributed by atoms with Crippen LogP contribution in [0.1, 0.15) is 56.5 Å². The molecule has 1 aromatic rings. The van der Waals surface area contributed by atoms with Crippen LogP contribution >= 0.6 is 0 Å². The topological polar surface area (TPSA) is 68.2 Å². The number of ether oxygens (including phenoxy) is 1. The monoisotopic (exact) mass is 336 g/mol. The molecule has 1 unspecified atom stereocenters. The molecule has 1 saturated carbocycles. The SMILES string of the molecule is COCCn1nc(C)c(CNC(=O)NC2CCCCC2(C)C)c1C. The fourth-order valence-electron chi connectivity index (χ4n) is 3.52. The molecule has 1 aromatic heterocycles. The zero-order chi connectivity index (χ0) is 17.7. The Balaban J connectivity index is 1.91. The largest absolute Gasteiger partial charge is 0.383 e. The van der Waals surface area contributed by atoms with Gasteiger partial charge in [0.05, 0.1) is 18.8 Å². The molecule has 136 valence electrons. The number of hydrogen-bond acceptors (Lipinski definition) is 3. The lowest BCUT2D eigenvalue weighted by Crippen LogP contribution is -2.50. The molecule has 0 bridgehead atoms. The van der Waals surface area contributed by atoms with Gasteiger partial charge in [-0.3, -0.25) is 4.68 Å². The molecule has 2 amide bonds. The fraction of sp³-hybridized carbons (Fsp3) is 0.778. The molecule has 1 aliphatic carbocycles. The number of hydrogen-bond donors (Lipinski definition) is 2. The highest BCUT2D eigenvalue weighted by Gasteiger charge is 2.33. The summed E-state index contributed by atoms with van der Waals surface area (Å²) in [6, 6.07) is 0.163. The molecule has 0 aromatic carbocycles. The number of methoxy groups -OCH3 is 1. The second kappa shape index (κ2) is 8.01. The molecule has 6 nitrogen and oxygen atoms in total. The van der Waals surface area contributed by atoms with Gasteiger partial charge in [0.25, 0.3) is 0 Å². The lowest BCUT2D eigenvalue weighted by molar-refractivity contribution is 0.166. The number of nitrogens with one attached hydrogen (secondary N) is 2. The van der Waals surface area contributed by atoms with Crippen molar-refractivity contribution in [1.29, 1.82) is 0 Å². The van der Waals surface area contributed by atoms with Crippen LogP contribution in [-0.2, 0) is 17.8 Å². The van der Waals surface area contributed by atoms with Crippen LogP contribution < -0.4 is 10.6 Å². The van der Waals surface area contributed by atoms with Crippen LogP contribution in [0.3, 0.4) is 0 Å². The third-order valence-corrected chi connectivity index (χ3v) is 5.28. The van der Waals surface area contributed by atoms with Crippen LogP contribution in [0.5, 0.6) is 0 Å². The summed E-state index contributed by atoms with van der Waals surface area (Å²) in [6.07, 6.45) is 4.68. The van der Waals surface area contributed by atoms with Crippen molar-refractivity contribution in [3.63, 3.8) is 0 Å². The average Bonchev–Trinajstić information content (AvgIpc) is 2.79. The molecule has 0 radical (unpaired) electrons. The van der Waals surface area contributed by atoms with Gasteiger partial charge in [-0.2, -0.15) is 5.10 Å². The van der Waals surface area contributed by atoms with E-state index >= 15 is 0 Å². The molecular formula is C18H32N4O2. The van der Waals surface area contributed by atoms with Crippen molar-refractivity contribution in [3.05, 3.63) is 17.0 Å². The minimum absolute atomic E-state index is 0.0848. The molecule has 1 atom stereocenters. The van der Waals surface area contributed by atoms with Crippen molar-refractivity contribution >= 4 is 6.03 Å². The number of rotatable bonds is 6. The molecule has 24 heavy (non-hydrogen) atoms. The molecule has 0 aliphatic heterocycles. The predicted octanol–water partition coefficient (Wildman–Crippen LogP) is 2.91. The number of aryl methyl sites for hydroxylation is 1. The second-order valence-electron chi connectivity index (χ2n) is 7.48. The first-order valence-corrected chi connectivity index (χ1v) is 8.91. The van der Waals surface area contributed by atoms with Crippen molar-refractivity contribution in [2.45, 2.75) is 72.5 Å². The first-order valence-electron chi connectivity index (χ1n) is 8.91. The van der Waals surface area contributed by atoms with E-state index in [0.717, 1.165) is 29.9 Å². The first kappa shape index (κ1) is 18.8. The summed E-state index contributed by atoms with van der Waals surface area (Å²) in [7, 11) is 1.69. The minimum Gasteiger partial charge on any atom is -0.383 e. The van der Waals surface area contributed by atoms with Gasteiger partial charge in [-0.05, 0) is 32.1 Å². The number of amides is 2. The third kappa shape index (κ3) is 4.50. The maximum Gasteiger partial charge on any atom is 0.315 e. The maximum atomic E-state index is 12.3. The highest BCUT2D eigenvalue weighted by Crippen LogP contribution is 2.35. The Hall–Kier alpha value is -1.56. The molecule has 1 fully saturated rings. The zero-order valence-corrected chi connectivity index (χ0v) is 15.7. The second-order valence-corrected chi connectivity index (χ2v) is 7.48. The van der Waals surface area contributed by atoms with Gasteiger partial charge >= 0.3 is 6.03 Å². The summed E-state index contributed by atoms with van der Waals surface area (Å²) in [5, 5.41) is 10.7. The summed E-state index contributed by atoms with van der Waals surface area (Å²) in [4.78, 5) is 12.3. The highest BCUT2D eigenvalue weighted by atomic mass is 16.5. The molecule has 2 rings (SSSR count). The number of carbonyl (C=O) groups excluding carboxylic acids is 1. The number of aromatic nitrogens is 2. The Labute approximate surface area is 145 Å². The first-order chi connectivity index (χ1) is 11.3. The van der Waals surface area contributed by atoms with Crippen LogP contribution in [-0.4, -0.2) is 35.6 Å². The normalized spacial score (nSPS) is 20.0. The lowest BCUT2D eigenvalue weighted by atomic mass is 9.73. The average molecular weight is 336 g/mol. The van der Waals surface area contributed by atoms with Gasteiger partial charge in [0, 0.05) is 31.0 Å². The summed E-state index contributed by atoms with van der Waals surface area (Å²) in [6.45, 7) is 10.4. The molecule has 6 heteroatoms. The third-order valence-electron chi connectivity index (χ3n) is 5.28. The van der Waals surface area contributed by atoms with Gasteiger partial charge in [-0.1, -0.05) is 26.7 Å². The lowest BCUT2D eigenvalue weighted by Gasteiger charge is -2.38. The van der Waals surface area contributed by atoms with E-state index in [1.54, 1.807) is 7.11 Å². The standard InChI is InChI=1S/C18H32N4O2/c1-13-15(14(2)22(21-13)10-11-24-5)12-19-17(23)20-16-8-6-7-9-18(16,3)4/h16H,6-12H2,1-5H3,(H2,19,20,23). The van der Waals surface area contributed by atoms with E-state index in [1.165, 1.54) is 19.3 Å². The van der Waals surface area contributed by atoms with Crippen molar-refractivity contribution in [2.24, 2.45) is 5.41 Å². The Morgan fingerprint density at radius 1 is 1.38 bits per heavy atom. The van der Waals surface area contributed by atoms with Crippen LogP contribution in [0.2, 0.25) is 0 Å². The summed E-state index contributed by atoms with van der Waals surface area (Å²) in [5.41, 5.74) is 3.31. The van der Waals surface area contributed by atoms with Gasteiger partial charge in [0.1, 0.15) is 0 Å². The smallest absolute Gasteiger partial charge is 0.315 e. The van der Waals surface area contributed by atoms with E-state index in [-0.39, 0.29) is 17.5 Å². The number of nitrogens with zero attached hydrogens (tertiary/aromatic N) is 2. The van der Waals surface area contributed by atoms with E-state index in [1.807, 2.05) is 18.5 Å². The molecule has 1 heterocycles. The van der Waals surface area contributed by atoms with Crippen LogP contribution in [0, 0.1) is 19.3 Å². The number of urea groups is 1. The zero-order valence-electron chi connectivity index (χ0n) is 15.7. The highest BCUT2D eigenvalue weighted by molar-refractivity contribution is 5.74. The van der Waals surface area contributed by atoms with Gasteiger partial charge in [-0.15, -0.1) is 0 Å². The molecular weight excluding hydrogens is 304 g/mol. The fourth-order valence-corrected chi connectivity index (χ4v) is 3.52. The summed E-state index contributed by atoms with van der Waals surface area (Å²) >= 11 is 0. The van der Waals surface area contributed by atoms with Crippen molar-refractivity contribution in [3.8, 4) is 0 Å². The Morgan fingerprint density at radius 3 is 2.79 bits per heavy atom. The van der Waals surface area contributed by atoms with Crippen LogP contribution in [0.4, 0.5) is 4.79 Å². The molecule has 2 N–H and O–H groups in total. The van der Waals surface area contributed by atoms with Gasteiger partial charge in [-0.25, -0.2) is 4.79 Å². The maximum absolute atomic E-state index is 12.3. The Kier molecular flexibility index (Phi) is 6.27. The van der Waals surface area contributed by atoms with Crippen molar-refractivity contribution < 1.29 is 9.53 Å². The van der Waals surface area contributed by atoms with Gasteiger partial charge in [0.2, 0.25) is 0 Å². The van der Waals surface area contributed by atoms with E-state index in [9.17, 15) is 4.79 Å². The summed E-state index contributed by atoms with van der Waals surface area (Å²) < 4.78 is 7.05. The van der Waals surface area contributed by atoms with Crippen LogP contribution in [0.25, 0.3) is 0 Å². The Bertz CT molecular complexity index is 566. The van der Waals surface area contributed by atoms with Crippen molar-refractivity contribution in [2.75, 3.05) is 13.7 Å². The van der Waals surface area contributed by atoms with E-state index in [4.69, 9.17) is 4.74 Å². The van der Waals surface area contributed by atoms with Gasteiger partial charge < -0.3 is 15.4 Å². The predicted molar refractivity (Wildman–Crippen MR) is 95.0 cm³/mol. The minimum atomic E-state index is -0.0848. The van der Waals surface area contributed by atoms with E-state index in [0.29, 0.717) is 13.2 Å². The van der Waals surface area contributed by atoms with Crippen molar-refractivity contribution in [1.82, 2.24) is 20.4 Å². The van der Waals surface area contributed by atoms with E-state index < -0.39 is 0 Å². The molecule has 1 aliphatic rings. The quantitative estimate of drug-likeness (QED) is 0.839. The molecule has 0 spiro atoms.